The third-order valence-corrected chi connectivity index (χ3v) is 2.33. The molecule has 0 unspecified atom stereocenters. The van der Waals surface area contributed by atoms with Gasteiger partial charge in [-0.3, -0.25) is 0 Å². The Morgan fingerprint density at radius 2 is 1.94 bits per heavy atom. The van der Waals surface area contributed by atoms with Gasteiger partial charge in [-0.15, -0.1) is 0 Å². The van der Waals surface area contributed by atoms with Gasteiger partial charge in [0.15, 0.2) is 0 Å². The Balaban J connectivity index is 2.53. The summed E-state index contributed by atoms with van der Waals surface area (Å²) in [5, 5.41) is 3.04. The molecule has 0 saturated heterocycles. The molecule has 3 nitrogen and oxygen atoms in total. The fraction of sp³-hybridized carbons (Fsp3) is 0.462. The summed E-state index contributed by atoms with van der Waals surface area (Å²) in [6, 6.07) is 5.33. The van der Waals surface area contributed by atoms with Crippen molar-refractivity contribution < 1.29 is 13.9 Å². The Labute approximate surface area is 101 Å². The highest BCUT2D eigenvalue weighted by molar-refractivity contribution is 5.89. The van der Waals surface area contributed by atoms with Crippen LogP contribution in [-0.2, 0) is 4.74 Å². The van der Waals surface area contributed by atoms with Crippen LogP contribution in [0.5, 0.6) is 0 Å². The Kier molecular flexibility index (Phi) is 4.63. The van der Waals surface area contributed by atoms with E-state index >= 15 is 0 Å². The van der Waals surface area contributed by atoms with Crippen LogP contribution in [0.2, 0.25) is 0 Å². The molecule has 0 bridgehead atoms. The number of halogens is 1. The zero-order chi connectivity index (χ0) is 12.9. The first-order valence-electron chi connectivity index (χ1n) is 5.52. The van der Waals surface area contributed by atoms with E-state index < -0.39 is 5.97 Å². The molecule has 0 spiro atoms. The molecule has 1 aromatic rings. The SMILES string of the molecule is CNCC(C)(C)COC(=O)c1ccc(F)cc1. The smallest absolute Gasteiger partial charge is 0.338 e. The summed E-state index contributed by atoms with van der Waals surface area (Å²) < 4.78 is 17.8. The first-order valence-corrected chi connectivity index (χ1v) is 5.52. The van der Waals surface area contributed by atoms with Gasteiger partial charge in [0, 0.05) is 12.0 Å². The topological polar surface area (TPSA) is 38.3 Å². The Morgan fingerprint density at radius 1 is 1.35 bits per heavy atom. The first-order chi connectivity index (χ1) is 7.94. The minimum atomic E-state index is -0.422. The molecule has 0 aliphatic rings. The summed E-state index contributed by atoms with van der Waals surface area (Å²) in [4.78, 5) is 11.6. The molecule has 0 atom stereocenters. The minimum Gasteiger partial charge on any atom is -0.461 e. The lowest BCUT2D eigenvalue weighted by Gasteiger charge is -2.23. The number of hydrogen-bond acceptors (Lipinski definition) is 3. The van der Waals surface area contributed by atoms with Crippen LogP contribution in [0.4, 0.5) is 4.39 Å². The lowest BCUT2D eigenvalue weighted by molar-refractivity contribution is 0.0344. The second kappa shape index (κ2) is 5.77. The summed E-state index contributed by atoms with van der Waals surface area (Å²) in [5.41, 5.74) is 0.247. The molecule has 0 heterocycles. The number of carbonyl (C=O) groups is 1. The maximum atomic E-state index is 12.7. The van der Waals surface area contributed by atoms with E-state index in [9.17, 15) is 9.18 Å². The highest BCUT2D eigenvalue weighted by Crippen LogP contribution is 2.15. The Hall–Kier alpha value is -1.42. The molecular weight excluding hydrogens is 221 g/mol. The van der Waals surface area contributed by atoms with Crippen LogP contribution in [0.3, 0.4) is 0 Å². The molecule has 17 heavy (non-hydrogen) atoms. The summed E-state index contributed by atoms with van der Waals surface area (Å²) in [6.45, 7) is 5.08. The van der Waals surface area contributed by atoms with E-state index in [4.69, 9.17) is 4.74 Å². The molecule has 1 aromatic carbocycles. The molecule has 0 radical (unpaired) electrons. The first kappa shape index (κ1) is 13.6. The quantitative estimate of drug-likeness (QED) is 0.801. The molecular formula is C13H18FNO2. The van der Waals surface area contributed by atoms with Gasteiger partial charge in [-0.05, 0) is 31.3 Å². The molecule has 0 aromatic heterocycles. The molecule has 0 fully saturated rings. The van der Waals surface area contributed by atoms with Crippen LogP contribution in [0.1, 0.15) is 24.2 Å². The summed E-state index contributed by atoms with van der Waals surface area (Å²) >= 11 is 0. The van der Waals surface area contributed by atoms with Gasteiger partial charge in [0.1, 0.15) is 5.82 Å². The van der Waals surface area contributed by atoms with Crippen molar-refractivity contribution in [2.45, 2.75) is 13.8 Å². The molecule has 1 N–H and O–H groups in total. The fourth-order valence-electron chi connectivity index (χ4n) is 1.46. The van der Waals surface area contributed by atoms with Crippen molar-refractivity contribution in [3.8, 4) is 0 Å². The lowest BCUT2D eigenvalue weighted by atomic mass is 9.95. The highest BCUT2D eigenvalue weighted by Gasteiger charge is 2.19. The number of benzene rings is 1. The average molecular weight is 239 g/mol. The maximum absolute atomic E-state index is 12.7. The largest absolute Gasteiger partial charge is 0.461 e. The number of hydrogen-bond donors (Lipinski definition) is 1. The lowest BCUT2D eigenvalue weighted by Crippen LogP contribution is -2.32. The van der Waals surface area contributed by atoms with Gasteiger partial charge in [0.2, 0.25) is 0 Å². The molecule has 0 aliphatic heterocycles. The number of esters is 1. The number of carbonyl (C=O) groups excluding carboxylic acids is 1. The Bertz CT molecular complexity index is 374. The Morgan fingerprint density at radius 3 is 2.47 bits per heavy atom. The standard InChI is InChI=1S/C13H18FNO2/c1-13(2,8-15-3)9-17-12(16)10-4-6-11(14)7-5-10/h4-7,15H,8-9H2,1-3H3. The normalized spacial score (nSPS) is 11.3. The monoisotopic (exact) mass is 239 g/mol. The zero-order valence-corrected chi connectivity index (χ0v) is 10.4. The van der Waals surface area contributed by atoms with Gasteiger partial charge in [-0.2, -0.15) is 0 Å². The van der Waals surface area contributed by atoms with Crippen LogP contribution in [-0.4, -0.2) is 26.2 Å². The van der Waals surface area contributed by atoms with Gasteiger partial charge in [-0.25, -0.2) is 9.18 Å². The maximum Gasteiger partial charge on any atom is 0.338 e. The van der Waals surface area contributed by atoms with Crippen molar-refractivity contribution >= 4 is 5.97 Å². The van der Waals surface area contributed by atoms with Crippen LogP contribution in [0.25, 0.3) is 0 Å². The molecule has 0 aliphatic carbocycles. The number of nitrogens with one attached hydrogen (secondary N) is 1. The van der Waals surface area contributed by atoms with Crippen molar-refractivity contribution in [3.05, 3.63) is 35.6 Å². The van der Waals surface area contributed by atoms with Crippen molar-refractivity contribution in [2.75, 3.05) is 20.2 Å². The van der Waals surface area contributed by atoms with Crippen LogP contribution in [0, 0.1) is 11.2 Å². The number of rotatable bonds is 5. The van der Waals surface area contributed by atoms with E-state index in [-0.39, 0.29) is 11.2 Å². The average Bonchev–Trinajstić information content (AvgIpc) is 2.27. The summed E-state index contributed by atoms with van der Waals surface area (Å²) in [5.74, 6) is -0.786. The van der Waals surface area contributed by atoms with Gasteiger partial charge >= 0.3 is 5.97 Å². The fourth-order valence-corrected chi connectivity index (χ4v) is 1.46. The van der Waals surface area contributed by atoms with E-state index in [2.05, 4.69) is 5.32 Å². The molecule has 0 saturated carbocycles. The van der Waals surface area contributed by atoms with Crippen molar-refractivity contribution in [1.82, 2.24) is 5.32 Å². The van der Waals surface area contributed by atoms with Gasteiger partial charge in [0.05, 0.1) is 12.2 Å². The van der Waals surface area contributed by atoms with Gasteiger partial charge < -0.3 is 10.1 Å². The summed E-state index contributed by atoms with van der Waals surface area (Å²) in [6.07, 6.45) is 0. The predicted molar refractivity (Wildman–Crippen MR) is 64.4 cm³/mol. The van der Waals surface area contributed by atoms with Gasteiger partial charge in [-0.1, -0.05) is 13.8 Å². The molecule has 0 amide bonds. The minimum absolute atomic E-state index is 0.121. The van der Waals surface area contributed by atoms with Crippen molar-refractivity contribution in [3.63, 3.8) is 0 Å². The van der Waals surface area contributed by atoms with Crippen molar-refractivity contribution in [1.29, 1.82) is 0 Å². The molecule has 4 heteroatoms. The predicted octanol–water partition coefficient (Wildman–Crippen LogP) is 2.23. The van der Waals surface area contributed by atoms with E-state index in [0.29, 0.717) is 12.2 Å². The van der Waals surface area contributed by atoms with Crippen LogP contribution in [0.15, 0.2) is 24.3 Å². The third kappa shape index (κ3) is 4.53. The second-order valence-electron chi connectivity index (χ2n) is 4.78. The second-order valence-corrected chi connectivity index (χ2v) is 4.78. The third-order valence-electron chi connectivity index (χ3n) is 2.33. The summed E-state index contributed by atoms with van der Waals surface area (Å²) in [7, 11) is 1.85. The van der Waals surface area contributed by atoms with Gasteiger partial charge in [0.25, 0.3) is 0 Å². The van der Waals surface area contributed by atoms with Crippen LogP contribution >= 0.6 is 0 Å². The molecule has 1 rings (SSSR count). The van der Waals surface area contributed by atoms with E-state index in [0.717, 1.165) is 6.54 Å². The zero-order valence-electron chi connectivity index (χ0n) is 10.4. The highest BCUT2D eigenvalue weighted by atomic mass is 19.1. The van der Waals surface area contributed by atoms with E-state index in [1.54, 1.807) is 0 Å². The van der Waals surface area contributed by atoms with Crippen molar-refractivity contribution in [2.24, 2.45) is 5.41 Å². The number of ether oxygens (including phenoxy) is 1. The van der Waals surface area contributed by atoms with E-state index in [1.807, 2.05) is 20.9 Å². The van der Waals surface area contributed by atoms with E-state index in [1.165, 1.54) is 24.3 Å². The van der Waals surface area contributed by atoms with Crippen LogP contribution < -0.4 is 5.32 Å². The molecule has 94 valence electrons.